The highest BCUT2D eigenvalue weighted by atomic mass is 16.2. The SMILES string of the molecule is C=CCNC(=O)C1(C(=O)NC2CCCCCC2)CC1. The highest BCUT2D eigenvalue weighted by Crippen LogP contribution is 2.46. The molecule has 0 spiro atoms. The first-order valence-corrected chi connectivity index (χ1v) is 7.39. The van der Waals surface area contributed by atoms with E-state index in [1.54, 1.807) is 6.08 Å². The quantitative estimate of drug-likeness (QED) is 0.453. The van der Waals surface area contributed by atoms with E-state index in [1.807, 2.05) is 0 Å². The molecule has 4 nitrogen and oxygen atoms in total. The van der Waals surface area contributed by atoms with Crippen LogP contribution in [0.3, 0.4) is 0 Å². The van der Waals surface area contributed by atoms with Gasteiger partial charge >= 0.3 is 0 Å². The molecule has 0 aromatic carbocycles. The average Bonchev–Trinajstić information content (AvgIpc) is 3.21. The van der Waals surface area contributed by atoms with Crippen molar-refractivity contribution in [1.82, 2.24) is 10.6 Å². The summed E-state index contributed by atoms with van der Waals surface area (Å²) >= 11 is 0. The molecule has 0 aromatic heterocycles. The summed E-state index contributed by atoms with van der Waals surface area (Å²) in [5.41, 5.74) is -0.782. The Morgan fingerprint density at radius 3 is 2.26 bits per heavy atom. The van der Waals surface area contributed by atoms with Crippen LogP contribution in [0.1, 0.15) is 51.4 Å². The van der Waals surface area contributed by atoms with Gasteiger partial charge < -0.3 is 10.6 Å². The summed E-state index contributed by atoms with van der Waals surface area (Å²) in [5.74, 6) is -0.209. The lowest BCUT2D eigenvalue weighted by molar-refractivity contribution is -0.137. The molecule has 0 aromatic rings. The molecule has 4 heteroatoms. The zero-order valence-electron chi connectivity index (χ0n) is 11.5. The van der Waals surface area contributed by atoms with Gasteiger partial charge in [0, 0.05) is 12.6 Å². The second kappa shape index (κ2) is 6.22. The lowest BCUT2D eigenvalue weighted by atomic mass is 10.0. The van der Waals surface area contributed by atoms with E-state index in [0.29, 0.717) is 19.4 Å². The minimum Gasteiger partial charge on any atom is -0.352 e. The van der Waals surface area contributed by atoms with E-state index in [-0.39, 0.29) is 17.9 Å². The van der Waals surface area contributed by atoms with Gasteiger partial charge in [-0.1, -0.05) is 31.8 Å². The fourth-order valence-corrected chi connectivity index (χ4v) is 2.76. The maximum absolute atomic E-state index is 12.3. The number of hydrogen-bond donors (Lipinski definition) is 2. The normalized spacial score (nSPS) is 22.1. The zero-order valence-corrected chi connectivity index (χ0v) is 11.5. The third kappa shape index (κ3) is 3.37. The molecule has 106 valence electrons. The molecule has 2 fully saturated rings. The van der Waals surface area contributed by atoms with Crippen LogP contribution in [0.5, 0.6) is 0 Å². The average molecular weight is 264 g/mol. The number of carbonyl (C=O) groups is 2. The number of hydrogen-bond acceptors (Lipinski definition) is 2. The molecular weight excluding hydrogens is 240 g/mol. The van der Waals surface area contributed by atoms with Gasteiger partial charge in [0.25, 0.3) is 0 Å². The van der Waals surface area contributed by atoms with Crippen molar-refractivity contribution in [1.29, 1.82) is 0 Å². The first-order chi connectivity index (χ1) is 9.19. The number of rotatable bonds is 5. The molecule has 2 saturated carbocycles. The predicted octanol–water partition coefficient (Wildman–Crippen LogP) is 1.91. The summed E-state index contributed by atoms with van der Waals surface area (Å²) in [5, 5.41) is 5.84. The Bertz CT molecular complexity index is 353. The van der Waals surface area contributed by atoms with E-state index < -0.39 is 5.41 Å². The van der Waals surface area contributed by atoms with Crippen molar-refractivity contribution in [3.05, 3.63) is 12.7 Å². The molecule has 2 N–H and O–H groups in total. The minimum absolute atomic E-state index is 0.0686. The lowest BCUT2D eigenvalue weighted by Gasteiger charge is -2.20. The zero-order chi connectivity index (χ0) is 13.7. The Morgan fingerprint density at radius 1 is 1.11 bits per heavy atom. The molecule has 19 heavy (non-hydrogen) atoms. The van der Waals surface area contributed by atoms with Gasteiger partial charge in [0.15, 0.2) is 0 Å². The van der Waals surface area contributed by atoms with E-state index in [9.17, 15) is 9.59 Å². The molecule has 2 aliphatic rings. The van der Waals surface area contributed by atoms with Gasteiger partial charge in [-0.15, -0.1) is 6.58 Å². The van der Waals surface area contributed by atoms with Gasteiger partial charge in [0.2, 0.25) is 11.8 Å². The van der Waals surface area contributed by atoms with Gasteiger partial charge in [-0.25, -0.2) is 0 Å². The maximum Gasteiger partial charge on any atom is 0.235 e. The fourth-order valence-electron chi connectivity index (χ4n) is 2.76. The van der Waals surface area contributed by atoms with Crippen molar-refractivity contribution in [2.75, 3.05) is 6.54 Å². The Morgan fingerprint density at radius 2 is 1.74 bits per heavy atom. The van der Waals surface area contributed by atoms with E-state index in [1.165, 1.54) is 25.7 Å². The molecule has 0 radical (unpaired) electrons. The van der Waals surface area contributed by atoms with Crippen LogP contribution in [-0.2, 0) is 9.59 Å². The van der Waals surface area contributed by atoms with Crippen molar-refractivity contribution in [3.8, 4) is 0 Å². The Kier molecular flexibility index (Phi) is 4.61. The second-order valence-electron chi connectivity index (χ2n) is 5.74. The van der Waals surface area contributed by atoms with Crippen LogP contribution in [0.15, 0.2) is 12.7 Å². The maximum atomic E-state index is 12.3. The van der Waals surface area contributed by atoms with Crippen LogP contribution in [0, 0.1) is 5.41 Å². The molecule has 0 unspecified atom stereocenters. The van der Waals surface area contributed by atoms with Crippen LogP contribution in [0.4, 0.5) is 0 Å². The van der Waals surface area contributed by atoms with Crippen LogP contribution >= 0.6 is 0 Å². The standard InChI is InChI=1S/C15H24N2O2/c1-2-11-16-13(18)15(9-10-15)14(19)17-12-7-5-3-4-6-8-12/h2,12H,1,3-11H2,(H,16,18)(H,17,19). The predicted molar refractivity (Wildman–Crippen MR) is 74.5 cm³/mol. The lowest BCUT2D eigenvalue weighted by Crippen LogP contribution is -2.46. The van der Waals surface area contributed by atoms with Crippen LogP contribution in [-0.4, -0.2) is 24.4 Å². The van der Waals surface area contributed by atoms with Crippen molar-refractivity contribution >= 4 is 11.8 Å². The molecule has 0 atom stereocenters. The third-order valence-corrected chi connectivity index (χ3v) is 4.22. The molecule has 2 aliphatic carbocycles. The number of nitrogens with one attached hydrogen (secondary N) is 2. The minimum atomic E-state index is -0.782. The van der Waals surface area contributed by atoms with Gasteiger partial charge in [-0.3, -0.25) is 9.59 Å². The molecular formula is C15H24N2O2. The Hall–Kier alpha value is -1.32. The summed E-state index contributed by atoms with van der Waals surface area (Å²) in [6, 6.07) is 0.264. The molecule has 0 heterocycles. The van der Waals surface area contributed by atoms with Crippen molar-refractivity contribution < 1.29 is 9.59 Å². The summed E-state index contributed by atoms with van der Waals surface area (Å²) < 4.78 is 0. The molecule has 2 amide bonds. The van der Waals surface area contributed by atoms with Crippen LogP contribution < -0.4 is 10.6 Å². The highest BCUT2D eigenvalue weighted by Gasteiger charge is 2.56. The summed E-state index contributed by atoms with van der Waals surface area (Å²) in [7, 11) is 0. The summed E-state index contributed by atoms with van der Waals surface area (Å²) in [6.07, 6.45) is 9.97. The van der Waals surface area contributed by atoms with E-state index >= 15 is 0 Å². The van der Waals surface area contributed by atoms with Gasteiger partial charge in [0.05, 0.1) is 0 Å². The highest BCUT2D eigenvalue weighted by molar-refractivity contribution is 6.08. The largest absolute Gasteiger partial charge is 0.352 e. The topological polar surface area (TPSA) is 58.2 Å². The molecule has 0 saturated heterocycles. The van der Waals surface area contributed by atoms with Crippen molar-refractivity contribution in [2.24, 2.45) is 5.41 Å². The Labute approximate surface area is 115 Å². The van der Waals surface area contributed by atoms with Crippen molar-refractivity contribution in [3.63, 3.8) is 0 Å². The van der Waals surface area contributed by atoms with E-state index in [0.717, 1.165) is 12.8 Å². The van der Waals surface area contributed by atoms with Gasteiger partial charge in [0.1, 0.15) is 5.41 Å². The van der Waals surface area contributed by atoms with Crippen LogP contribution in [0.2, 0.25) is 0 Å². The summed E-state index contributed by atoms with van der Waals surface area (Å²) in [4.78, 5) is 24.3. The summed E-state index contributed by atoms with van der Waals surface area (Å²) in [6.45, 7) is 4.00. The van der Waals surface area contributed by atoms with Crippen LogP contribution in [0.25, 0.3) is 0 Å². The first kappa shape index (κ1) is 14.1. The molecule has 0 aliphatic heterocycles. The van der Waals surface area contributed by atoms with E-state index in [4.69, 9.17) is 0 Å². The molecule has 0 bridgehead atoms. The fraction of sp³-hybridized carbons (Fsp3) is 0.733. The van der Waals surface area contributed by atoms with Gasteiger partial charge in [-0.2, -0.15) is 0 Å². The van der Waals surface area contributed by atoms with Crippen molar-refractivity contribution in [2.45, 2.75) is 57.4 Å². The molecule has 2 rings (SSSR count). The third-order valence-electron chi connectivity index (χ3n) is 4.22. The number of carbonyl (C=O) groups excluding carboxylic acids is 2. The Balaban J connectivity index is 1.87. The smallest absolute Gasteiger partial charge is 0.235 e. The first-order valence-electron chi connectivity index (χ1n) is 7.39. The number of amides is 2. The van der Waals surface area contributed by atoms with Gasteiger partial charge in [-0.05, 0) is 25.7 Å². The monoisotopic (exact) mass is 264 g/mol. The van der Waals surface area contributed by atoms with E-state index in [2.05, 4.69) is 17.2 Å². The second-order valence-corrected chi connectivity index (χ2v) is 5.74.